The van der Waals surface area contributed by atoms with E-state index in [2.05, 4.69) is 20.9 Å². The number of pyridine rings is 1. The first-order valence-electron chi connectivity index (χ1n) is 5.40. The average molecular weight is 328 g/mol. The van der Waals surface area contributed by atoms with Gasteiger partial charge in [0.05, 0.1) is 4.47 Å². The smallest absolute Gasteiger partial charge is 0.219 e. The third-order valence-electron chi connectivity index (χ3n) is 2.39. The van der Waals surface area contributed by atoms with Gasteiger partial charge in [0, 0.05) is 23.3 Å². The topological polar surface area (TPSA) is 48.1 Å². The molecule has 0 aliphatic carbocycles. The molecule has 2 rings (SSSR count). The van der Waals surface area contributed by atoms with Crippen molar-refractivity contribution in [2.24, 2.45) is 5.73 Å². The van der Waals surface area contributed by atoms with Crippen LogP contribution in [-0.4, -0.2) is 4.98 Å². The summed E-state index contributed by atoms with van der Waals surface area (Å²) >= 11 is 9.26. The van der Waals surface area contributed by atoms with E-state index in [0.717, 1.165) is 10.0 Å². The van der Waals surface area contributed by atoms with E-state index in [9.17, 15) is 0 Å². The molecule has 1 heterocycles. The number of nitrogens with zero attached hydrogens (tertiary/aromatic N) is 1. The van der Waals surface area contributed by atoms with Crippen LogP contribution in [0, 0.1) is 0 Å². The molecule has 0 spiro atoms. The lowest BCUT2D eigenvalue weighted by molar-refractivity contribution is 0.459. The summed E-state index contributed by atoms with van der Waals surface area (Å²) in [6.07, 6.45) is 1.68. The van der Waals surface area contributed by atoms with E-state index in [4.69, 9.17) is 22.1 Å². The zero-order chi connectivity index (χ0) is 13.1. The third kappa shape index (κ3) is 3.22. The summed E-state index contributed by atoms with van der Waals surface area (Å²) in [7, 11) is 0. The van der Waals surface area contributed by atoms with Crippen LogP contribution in [0.25, 0.3) is 0 Å². The molecule has 0 aliphatic heterocycles. The number of ether oxygens (including phenoxy) is 1. The first kappa shape index (κ1) is 13.3. The van der Waals surface area contributed by atoms with Gasteiger partial charge in [-0.15, -0.1) is 0 Å². The molecule has 0 amide bonds. The van der Waals surface area contributed by atoms with Crippen molar-refractivity contribution in [2.45, 2.75) is 13.0 Å². The van der Waals surface area contributed by atoms with Crippen LogP contribution in [0.3, 0.4) is 0 Å². The Kier molecular flexibility index (Phi) is 4.22. The van der Waals surface area contributed by atoms with Crippen molar-refractivity contribution in [2.75, 3.05) is 0 Å². The van der Waals surface area contributed by atoms with Gasteiger partial charge in [0.2, 0.25) is 5.88 Å². The van der Waals surface area contributed by atoms with Gasteiger partial charge in [-0.05, 0) is 52.7 Å². The number of hydrogen-bond donors (Lipinski definition) is 1. The number of hydrogen-bond acceptors (Lipinski definition) is 3. The molecular formula is C13H12BrClN2O. The molecule has 0 saturated carbocycles. The van der Waals surface area contributed by atoms with E-state index >= 15 is 0 Å². The van der Waals surface area contributed by atoms with Crippen molar-refractivity contribution >= 4 is 27.5 Å². The molecule has 3 nitrogen and oxygen atoms in total. The van der Waals surface area contributed by atoms with Gasteiger partial charge in [0.15, 0.2) is 0 Å². The minimum Gasteiger partial charge on any atom is -0.438 e. The average Bonchev–Trinajstić information content (AvgIpc) is 2.33. The lowest BCUT2D eigenvalue weighted by Gasteiger charge is -2.10. The molecule has 2 N–H and O–H groups in total. The predicted molar refractivity (Wildman–Crippen MR) is 76.1 cm³/mol. The van der Waals surface area contributed by atoms with Crippen molar-refractivity contribution in [3.05, 3.63) is 51.6 Å². The van der Waals surface area contributed by atoms with Crippen molar-refractivity contribution in [1.82, 2.24) is 4.98 Å². The molecule has 0 radical (unpaired) electrons. The standard InChI is InChI=1S/C13H12BrClN2O/c1-8(16)9-4-5-17-13(6-9)18-12-3-2-10(15)7-11(12)14/h2-8H,16H2,1H3. The van der Waals surface area contributed by atoms with E-state index < -0.39 is 0 Å². The summed E-state index contributed by atoms with van der Waals surface area (Å²) < 4.78 is 6.46. The second kappa shape index (κ2) is 5.69. The molecule has 1 unspecified atom stereocenters. The second-order valence-corrected chi connectivity index (χ2v) is 5.18. The molecule has 0 bridgehead atoms. The van der Waals surface area contributed by atoms with Crippen molar-refractivity contribution in [1.29, 1.82) is 0 Å². The highest BCUT2D eigenvalue weighted by molar-refractivity contribution is 9.10. The molecule has 1 atom stereocenters. The quantitative estimate of drug-likeness (QED) is 0.914. The summed E-state index contributed by atoms with van der Waals surface area (Å²) in [4.78, 5) is 4.15. The highest BCUT2D eigenvalue weighted by atomic mass is 79.9. The lowest BCUT2D eigenvalue weighted by atomic mass is 10.1. The lowest BCUT2D eigenvalue weighted by Crippen LogP contribution is -2.05. The number of halogens is 2. The van der Waals surface area contributed by atoms with Crippen LogP contribution in [-0.2, 0) is 0 Å². The number of nitrogens with two attached hydrogens (primary N) is 1. The molecule has 0 saturated heterocycles. The van der Waals surface area contributed by atoms with Crippen molar-refractivity contribution in [3.8, 4) is 11.6 Å². The van der Waals surface area contributed by atoms with Gasteiger partial charge < -0.3 is 10.5 Å². The van der Waals surface area contributed by atoms with E-state index in [1.807, 2.05) is 19.1 Å². The maximum Gasteiger partial charge on any atom is 0.219 e. The molecule has 18 heavy (non-hydrogen) atoms. The van der Waals surface area contributed by atoms with E-state index in [0.29, 0.717) is 16.7 Å². The maximum atomic E-state index is 5.87. The van der Waals surface area contributed by atoms with Crippen molar-refractivity contribution in [3.63, 3.8) is 0 Å². The Labute approximate surface area is 119 Å². The Morgan fingerprint density at radius 1 is 1.33 bits per heavy atom. The van der Waals surface area contributed by atoms with Crippen LogP contribution in [0.2, 0.25) is 5.02 Å². The molecule has 0 fully saturated rings. The molecule has 0 aliphatic rings. The molecule has 1 aromatic carbocycles. The van der Waals surface area contributed by atoms with Gasteiger partial charge in [-0.25, -0.2) is 4.98 Å². The molecule has 94 valence electrons. The van der Waals surface area contributed by atoms with Gasteiger partial charge in [0.1, 0.15) is 5.75 Å². The zero-order valence-electron chi connectivity index (χ0n) is 9.73. The summed E-state index contributed by atoms with van der Waals surface area (Å²) in [5, 5.41) is 0.645. The zero-order valence-corrected chi connectivity index (χ0v) is 12.1. The molecule has 1 aromatic heterocycles. The Balaban J connectivity index is 2.25. The Morgan fingerprint density at radius 3 is 2.78 bits per heavy atom. The van der Waals surface area contributed by atoms with Crippen LogP contribution in [0.1, 0.15) is 18.5 Å². The van der Waals surface area contributed by atoms with Crippen LogP contribution in [0.4, 0.5) is 0 Å². The van der Waals surface area contributed by atoms with Crippen LogP contribution >= 0.6 is 27.5 Å². The highest BCUT2D eigenvalue weighted by Crippen LogP contribution is 2.31. The second-order valence-electron chi connectivity index (χ2n) is 3.89. The number of benzene rings is 1. The van der Waals surface area contributed by atoms with Gasteiger partial charge in [-0.1, -0.05) is 11.6 Å². The Bertz CT molecular complexity index is 560. The monoisotopic (exact) mass is 326 g/mol. The van der Waals surface area contributed by atoms with Crippen LogP contribution in [0.5, 0.6) is 11.6 Å². The molecule has 2 aromatic rings. The Hall–Kier alpha value is -1.10. The molecule has 5 heteroatoms. The van der Waals surface area contributed by atoms with Crippen LogP contribution < -0.4 is 10.5 Å². The van der Waals surface area contributed by atoms with E-state index in [1.165, 1.54) is 0 Å². The Morgan fingerprint density at radius 2 is 2.11 bits per heavy atom. The van der Waals surface area contributed by atoms with Gasteiger partial charge in [0.25, 0.3) is 0 Å². The first-order valence-corrected chi connectivity index (χ1v) is 6.58. The SMILES string of the molecule is CC(N)c1ccnc(Oc2ccc(Cl)cc2Br)c1. The minimum atomic E-state index is -0.0518. The number of aromatic nitrogens is 1. The highest BCUT2D eigenvalue weighted by Gasteiger charge is 2.06. The van der Waals surface area contributed by atoms with E-state index in [1.54, 1.807) is 24.4 Å². The largest absolute Gasteiger partial charge is 0.438 e. The predicted octanol–water partition coefficient (Wildman–Crippen LogP) is 4.31. The van der Waals surface area contributed by atoms with Crippen molar-refractivity contribution < 1.29 is 4.74 Å². The fraction of sp³-hybridized carbons (Fsp3) is 0.154. The first-order chi connectivity index (χ1) is 8.56. The third-order valence-corrected chi connectivity index (χ3v) is 3.25. The normalized spacial score (nSPS) is 12.2. The van der Waals surface area contributed by atoms with Gasteiger partial charge in [-0.3, -0.25) is 0 Å². The summed E-state index contributed by atoms with van der Waals surface area (Å²) in [5.74, 6) is 1.17. The molecular weight excluding hydrogens is 316 g/mol. The number of rotatable bonds is 3. The summed E-state index contributed by atoms with van der Waals surface area (Å²) in [6, 6.07) is 8.96. The minimum absolute atomic E-state index is 0.0518. The van der Waals surface area contributed by atoms with E-state index in [-0.39, 0.29) is 6.04 Å². The fourth-order valence-electron chi connectivity index (χ4n) is 1.43. The van der Waals surface area contributed by atoms with Gasteiger partial charge in [-0.2, -0.15) is 0 Å². The maximum absolute atomic E-state index is 5.87. The summed E-state index contributed by atoms with van der Waals surface area (Å²) in [6.45, 7) is 1.91. The van der Waals surface area contributed by atoms with Crippen LogP contribution in [0.15, 0.2) is 41.0 Å². The fourth-order valence-corrected chi connectivity index (χ4v) is 2.20. The summed E-state index contributed by atoms with van der Waals surface area (Å²) in [5.41, 5.74) is 6.79. The van der Waals surface area contributed by atoms with Gasteiger partial charge >= 0.3 is 0 Å².